The number of halogens is 2. The monoisotopic (exact) mass is 409 g/mol. The van der Waals surface area contributed by atoms with Crippen molar-refractivity contribution in [3.05, 3.63) is 58.1 Å². The zero-order valence-electron chi connectivity index (χ0n) is 12.0. The molecule has 0 aromatic heterocycles. The van der Waals surface area contributed by atoms with Gasteiger partial charge in [-0.15, -0.1) is 0 Å². The van der Waals surface area contributed by atoms with Crippen molar-refractivity contribution in [2.24, 2.45) is 0 Å². The van der Waals surface area contributed by atoms with Gasteiger partial charge in [0.25, 0.3) is 0 Å². The van der Waals surface area contributed by atoms with Gasteiger partial charge in [-0.2, -0.15) is 0 Å². The lowest BCUT2D eigenvalue weighted by molar-refractivity contribution is -0.116. The van der Waals surface area contributed by atoms with Crippen LogP contribution >= 0.6 is 31.9 Å². The second-order valence-electron chi connectivity index (χ2n) is 4.62. The summed E-state index contributed by atoms with van der Waals surface area (Å²) >= 11 is 6.86. The normalized spacial score (nSPS) is 13.9. The molecular weight excluding hydrogens is 393 g/mol. The van der Waals surface area contributed by atoms with Gasteiger partial charge < -0.3 is 4.90 Å². The van der Waals surface area contributed by atoms with Gasteiger partial charge in [0.2, 0.25) is 6.41 Å². The van der Waals surface area contributed by atoms with Crippen molar-refractivity contribution in [1.82, 2.24) is 4.90 Å². The molecule has 2 nitrogen and oxygen atoms in total. The van der Waals surface area contributed by atoms with Crippen molar-refractivity contribution in [1.29, 1.82) is 0 Å². The molecule has 0 aliphatic heterocycles. The van der Waals surface area contributed by atoms with E-state index < -0.39 is 0 Å². The van der Waals surface area contributed by atoms with Crippen molar-refractivity contribution < 1.29 is 4.79 Å². The van der Waals surface area contributed by atoms with E-state index in [-0.39, 0.29) is 4.83 Å². The van der Waals surface area contributed by atoms with Crippen molar-refractivity contribution in [3.8, 4) is 0 Å². The van der Waals surface area contributed by atoms with E-state index in [0.29, 0.717) is 16.6 Å². The van der Waals surface area contributed by atoms with Crippen LogP contribution in [0, 0.1) is 0 Å². The largest absolute Gasteiger partial charge is 0.311 e. The Labute approximate surface area is 145 Å². The molecule has 0 saturated carbocycles. The minimum absolute atomic E-state index is 0.273. The number of hydrogen-bond donors (Lipinski definition) is 0. The zero-order valence-corrected chi connectivity index (χ0v) is 15.2. The molecule has 0 aliphatic rings. The Kier molecular flexibility index (Phi) is 8.70. The highest BCUT2D eigenvalue weighted by Gasteiger charge is 2.09. The van der Waals surface area contributed by atoms with E-state index in [9.17, 15) is 4.79 Å². The van der Waals surface area contributed by atoms with Crippen LogP contribution in [-0.2, 0) is 11.3 Å². The van der Waals surface area contributed by atoms with E-state index in [2.05, 4.69) is 38.8 Å². The first-order valence-corrected chi connectivity index (χ1v) is 8.52. The summed E-state index contributed by atoms with van der Waals surface area (Å²) in [5.41, 5.74) is 1.71. The van der Waals surface area contributed by atoms with E-state index in [4.69, 9.17) is 7.85 Å². The predicted molar refractivity (Wildman–Crippen MR) is 96.5 cm³/mol. The van der Waals surface area contributed by atoms with Crippen LogP contribution in [0.2, 0.25) is 0 Å². The molecular formula is C16H18BBr2NO. The summed E-state index contributed by atoms with van der Waals surface area (Å²) < 4.78 is 0.443. The molecule has 5 heteroatoms. The lowest BCUT2D eigenvalue weighted by atomic mass is 10.1. The Morgan fingerprint density at radius 3 is 2.57 bits per heavy atom. The molecule has 2 radical (unpaired) electrons. The number of hydrogen-bond acceptors (Lipinski definition) is 1. The molecule has 1 atom stereocenters. The van der Waals surface area contributed by atoms with E-state index >= 15 is 0 Å². The molecule has 0 saturated heterocycles. The number of rotatable bonds is 8. The number of carbonyl (C=O) groups is 1. The second kappa shape index (κ2) is 10.0. The van der Waals surface area contributed by atoms with Crippen LogP contribution in [0.5, 0.6) is 0 Å². The summed E-state index contributed by atoms with van der Waals surface area (Å²) in [6.45, 7) is 2.61. The summed E-state index contributed by atoms with van der Waals surface area (Å²) in [5, 5.41) is 0. The molecule has 0 spiro atoms. The van der Waals surface area contributed by atoms with E-state index in [0.717, 1.165) is 24.8 Å². The third-order valence-corrected chi connectivity index (χ3v) is 4.07. The van der Waals surface area contributed by atoms with Crippen LogP contribution in [0.15, 0.2) is 52.6 Å². The topological polar surface area (TPSA) is 20.3 Å². The number of allylic oxidation sites excluding steroid dienone is 2. The molecule has 0 aliphatic carbocycles. The van der Waals surface area contributed by atoms with Crippen LogP contribution in [0.25, 0.3) is 0 Å². The van der Waals surface area contributed by atoms with Crippen molar-refractivity contribution in [3.63, 3.8) is 0 Å². The molecule has 1 aromatic carbocycles. The first-order chi connectivity index (χ1) is 10.1. The highest BCUT2D eigenvalue weighted by atomic mass is 79.9. The smallest absolute Gasteiger partial charge is 0.214 e. The standard InChI is InChI=1S/C16H18BBr2NO/c1-2-6-14(18)9-10-15(16(17)19)20(12-21)11-13-7-4-3-5-8-13/h3-5,7-10,12,14H,2,6,11H2,1H3/b10-9+,16-15-. The van der Waals surface area contributed by atoms with Gasteiger partial charge in [-0.3, -0.25) is 4.79 Å². The van der Waals surface area contributed by atoms with Gasteiger partial charge in [-0.1, -0.05) is 81.6 Å². The molecule has 1 unspecified atom stereocenters. The van der Waals surface area contributed by atoms with Gasteiger partial charge in [0.05, 0.1) is 6.54 Å². The number of alkyl halides is 1. The Balaban J connectivity index is 2.87. The maximum atomic E-state index is 11.4. The maximum absolute atomic E-state index is 11.4. The Morgan fingerprint density at radius 2 is 2.05 bits per heavy atom. The fraction of sp³-hybridized carbons (Fsp3) is 0.312. The number of carbonyl (C=O) groups excluding carboxylic acids is 1. The van der Waals surface area contributed by atoms with Crippen LogP contribution < -0.4 is 0 Å². The van der Waals surface area contributed by atoms with E-state index in [1.807, 2.05) is 42.5 Å². The Bertz CT molecular complexity index is 498. The lowest BCUT2D eigenvalue weighted by Crippen LogP contribution is -2.21. The minimum Gasteiger partial charge on any atom is -0.311 e. The van der Waals surface area contributed by atoms with Gasteiger partial charge in [0, 0.05) is 10.5 Å². The molecule has 0 fully saturated rings. The Hall–Kier alpha value is -0.805. The molecule has 110 valence electrons. The van der Waals surface area contributed by atoms with Crippen molar-refractivity contribution >= 4 is 46.1 Å². The molecule has 1 amide bonds. The second-order valence-corrected chi connectivity index (χ2v) is 6.65. The SMILES string of the molecule is [B]/C(Br)=C(\C=C\C(Br)CCC)N(C=O)Cc1ccccc1. The Morgan fingerprint density at radius 1 is 1.38 bits per heavy atom. The minimum atomic E-state index is 0.273. The third kappa shape index (κ3) is 6.66. The molecule has 1 aromatic rings. The van der Waals surface area contributed by atoms with E-state index in [1.54, 1.807) is 4.90 Å². The zero-order chi connectivity index (χ0) is 15.7. The molecule has 0 N–H and O–H groups in total. The van der Waals surface area contributed by atoms with Gasteiger partial charge in [-0.05, 0) is 22.4 Å². The quantitative estimate of drug-likeness (QED) is 0.267. The lowest BCUT2D eigenvalue weighted by Gasteiger charge is -2.20. The van der Waals surface area contributed by atoms with Gasteiger partial charge in [0.1, 0.15) is 7.85 Å². The maximum Gasteiger partial charge on any atom is 0.214 e. The summed E-state index contributed by atoms with van der Waals surface area (Å²) in [6.07, 6.45) is 6.80. The summed E-state index contributed by atoms with van der Waals surface area (Å²) in [5.74, 6) is 0. The molecule has 0 heterocycles. The highest BCUT2D eigenvalue weighted by Crippen LogP contribution is 2.19. The van der Waals surface area contributed by atoms with Crippen molar-refractivity contribution in [2.45, 2.75) is 31.1 Å². The van der Waals surface area contributed by atoms with Gasteiger partial charge in [0.15, 0.2) is 0 Å². The van der Waals surface area contributed by atoms with E-state index in [1.165, 1.54) is 0 Å². The fourth-order valence-electron chi connectivity index (χ4n) is 1.84. The number of nitrogens with zero attached hydrogens (tertiary/aromatic N) is 1. The first-order valence-electron chi connectivity index (χ1n) is 6.81. The predicted octanol–water partition coefficient (Wildman–Crippen LogP) is 4.50. The molecule has 21 heavy (non-hydrogen) atoms. The van der Waals surface area contributed by atoms with Crippen LogP contribution in [0.1, 0.15) is 25.3 Å². The fourth-order valence-corrected chi connectivity index (χ4v) is 2.81. The number of amides is 1. The number of benzene rings is 1. The molecule has 0 bridgehead atoms. The first kappa shape index (κ1) is 18.2. The average Bonchev–Trinajstić information content (AvgIpc) is 2.47. The van der Waals surface area contributed by atoms with Crippen molar-refractivity contribution in [2.75, 3.05) is 0 Å². The third-order valence-electron chi connectivity index (χ3n) is 2.90. The van der Waals surface area contributed by atoms with Crippen LogP contribution in [-0.4, -0.2) is 24.0 Å². The van der Waals surface area contributed by atoms with Crippen LogP contribution in [0.4, 0.5) is 0 Å². The highest BCUT2D eigenvalue weighted by molar-refractivity contribution is 9.12. The summed E-state index contributed by atoms with van der Waals surface area (Å²) in [6, 6.07) is 9.80. The van der Waals surface area contributed by atoms with Crippen LogP contribution in [0.3, 0.4) is 0 Å². The average molecular weight is 411 g/mol. The molecule has 1 rings (SSSR count). The van der Waals surface area contributed by atoms with Gasteiger partial charge >= 0.3 is 0 Å². The summed E-state index contributed by atoms with van der Waals surface area (Å²) in [4.78, 5) is 13.3. The van der Waals surface area contributed by atoms with Gasteiger partial charge in [-0.25, -0.2) is 0 Å². The summed E-state index contributed by atoms with van der Waals surface area (Å²) in [7, 11) is 5.86.